The third-order valence-electron chi connectivity index (χ3n) is 1.94. The van der Waals surface area contributed by atoms with Crippen LogP contribution in [0.15, 0.2) is 30.4 Å². The van der Waals surface area contributed by atoms with Gasteiger partial charge in [-0.25, -0.2) is 8.78 Å². The van der Waals surface area contributed by atoms with Gasteiger partial charge in [0.15, 0.2) is 11.6 Å². The van der Waals surface area contributed by atoms with Crippen LogP contribution in [0, 0.1) is 11.6 Å². The van der Waals surface area contributed by atoms with Crippen LogP contribution in [0.4, 0.5) is 8.78 Å². The Morgan fingerprint density at radius 3 is 2.47 bits per heavy atom. The minimum Gasteiger partial charge on any atom is -0.324 e. The molecule has 1 nitrogen and oxygen atoms in total. The van der Waals surface area contributed by atoms with E-state index in [-0.39, 0.29) is 18.4 Å². The van der Waals surface area contributed by atoms with E-state index < -0.39 is 11.6 Å². The molecule has 0 unspecified atom stereocenters. The molecular formula is C11H14ClF2N. The van der Waals surface area contributed by atoms with E-state index >= 15 is 0 Å². The lowest BCUT2D eigenvalue weighted by Gasteiger charge is -2.11. The Balaban J connectivity index is 0.00000196. The van der Waals surface area contributed by atoms with Gasteiger partial charge in [0.05, 0.1) is 0 Å². The molecule has 84 valence electrons. The van der Waals surface area contributed by atoms with Crippen molar-refractivity contribution in [2.45, 2.75) is 19.4 Å². The quantitative estimate of drug-likeness (QED) is 0.796. The number of hydrogen-bond acceptors (Lipinski definition) is 1. The van der Waals surface area contributed by atoms with Crippen molar-refractivity contribution in [2.24, 2.45) is 5.73 Å². The van der Waals surface area contributed by atoms with E-state index in [1.807, 2.05) is 6.92 Å². The fraction of sp³-hybridized carbons (Fsp3) is 0.273. The molecule has 15 heavy (non-hydrogen) atoms. The summed E-state index contributed by atoms with van der Waals surface area (Å²) in [6.07, 6.45) is 0.574. The molecule has 1 aromatic rings. The van der Waals surface area contributed by atoms with Crippen molar-refractivity contribution in [2.75, 3.05) is 0 Å². The topological polar surface area (TPSA) is 26.0 Å². The number of nitrogens with two attached hydrogens (primary N) is 1. The van der Waals surface area contributed by atoms with E-state index in [1.165, 1.54) is 6.07 Å². The average Bonchev–Trinajstić information content (AvgIpc) is 2.08. The summed E-state index contributed by atoms with van der Waals surface area (Å²) in [7, 11) is 0. The van der Waals surface area contributed by atoms with Crippen molar-refractivity contribution in [1.29, 1.82) is 0 Å². The van der Waals surface area contributed by atoms with Crippen LogP contribution < -0.4 is 5.73 Å². The predicted octanol–water partition coefficient (Wildman–Crippen LogP) is 3.35. The second-order valence-corrected chi connectivity index (χ2v) is 3.44. The molecule has 0 aliphatic carbocycles. The normalized spacial score (nSPS) is 11.7. The highest BCUT2D eigenvalue weighted by molar-refractivity contribution is 5.85. The molecule has 0 aromatic heterocycles. The lowest BCUT2D eigenvalue weighted by molar-refractivity contribution is 0.505. The maximum Gasteiger partial charge on any atom is 0.159 e. The van der Waals surface area contributed by atoms with Gasteiger partial charge in [0, 0.05) is 6.04 Å². The van der Waals surface area contributed by atoms with Gasteiger partial charge in [-0.2, -0.15) is 0 Å². The van der Waals surface area contributed by atoms with E-state index in [0.717, 1.165) is 17.7 Å². The molecule has 0 aliphatic rings. The Morgan fingerprint density at radius 1 is 1.40 bits per heavy atom. The number of hydrogen-bond donors (Lipinski definition) is 1. The Bertz CT molecular complexity index is 352. The van der Waals surface area contributed by atoms with Crippen molar-refractivity contribution in [3.63, 3.8) is 0 Å². The molecule has 1 aromatic carbocycles. The zero-order chi connectivity index (χ0) is 10.7. The Labute approximate surface area is 94.4 Å². The van der Waals surface area contributed by atoms with E-state index in [4.69, 9.17) is 5.73 Å². The predicted molar refractivity (Wildman–Crippen MR) is 60.0 cm³/mol. The Morgan fingerprint density at radius 2 is 2.00 bits per heavy atom. The molecular weight excluding hydrogens is 220 g/mol. The standard InChI is InChI=1S/C11H13F2N.ClH/c1-7(2)5-11(14)8-3-4-9(12)10(13)6-8;/h3-4,6,11H,1,5,14H2,2H3;1H/t11-;/m1./s1. The Hall–Kier alpha value is -0.930. The summed E-state index contributed by atoms with van der Waals surface area (Å²) < 4.78 is 25.4. The smallest absolute Gasteiger partial charge is 0.159 e. The van der Waals surface area contributed by atoms with Gasteiger partial charge in [0.1, 0.15) is 0 Å². The van der Waals surface area contributed by atoms with Crippen LogP contribution in [0.2, 0.25) is 0 Å². The van der Waals surface area contributed by atoms with Gasteiger partial charge in [-0.3, -0.25) is 0 Å². The molecule has 4 heteroatoms. The third kappa shape index (κ3) is 3.98. The van der Waals surface area contributed by atoms with Gasteiger partial charge >= 0.3 is 0 Å². The van der Waals surface area contributed by atoms with Gasteiger partial charge in [0.2, 0.25) is 0 Å². The molecule has 0 fully saturated rings. The molecule has 0 amide bonds. The number of benzene rings is 1. The lowest BCUT2D eigenvalue weighted by Crippen LogP contribution is -2.10. The van der Waals surface area contributed by atoms with E-state index in [0.29, 0.717) is 12.0 Å². The molecule has 0 bridgehead atoms. The molecule has 0 spiro atoms. The molecule has 1 rings (SSSR count). The largest absolute Gasteiger partial charge is 0.324 e. The van der Waals surface area contributed by atoms with Gasteiger partial charge < -0.3 is 5.73 Å². The first-order valence-corrected chi connectivity index (χ1v) is 4.35. The highest BCUT2D eigenvalue weighted by Gasteiger charge is 2.09. The summed E-state index contributed by atoms with van der Waals surface area (Å²) in [6.45, 7) is 5.56. The van der Waals surface area contributed by atoms with Crippen molar-refractivity contribution in [3.8, 4) is 0 Å². The van der Waals surface area contributed by atoms with E-state index in [9.17, 15) is 8.78 Å². The summed E-state index contributed by atoms with van der Waals surface area (Å²) in [5.41, 5.74) is 7.27. The van der Waals surface area contributed by atoms with Crippen LogP contribution in [0.3, 0.4) is 0 Å². The molecule has 0 aliphatic heterocycles. The van der Waals surface area contributed by atoms with Crippen LogP contribution in [0.5, 0.6) is 0 Å². The molecule has 2 N–H and O–H groups in total. The fourth-order valence-corrected chi connectivity index (χ4v) is 1.24. The molecule has 0 heterocycles. The molecule has 1 atom stereocenters. The van der Waals surface area contributed by atoms with Crippen LogP contribution in [-0.2, 0) is 0 Å². The first-order chi connectivity index (χ1) is 6.50. The average molecular weight is 234 g/mol. The summed E-state index contributed by atoms with van der Waals surface area (Å²) in [6, 6.07) is 3.39. The first-order valence-electron chi connectivity index (χ1n) is 4.35. The number of halogens is 3. The van der Waals surface area contributed by atoms with E-state index in [1.54, 1.807) is 0 Å². The second kappa shape index (κ2) is 5.83. The minimum absolute atomic E-state index is 0. The molecule has 0 radical (unpaired) electrons. The first kappa shape index (κ1) is 14.1. The van der Waals surface area contributed by atoms with E-state index in [2.05, 4.69) is 6.58 Å². The summed E-state index contributed by atoms with van der Waals surface area (Å²) >= 11 is 0. The van der Waals surface area contributed by atoms with Gasteiger partial charge in [0.25, 0.3) is 0 Å². The Kier molecular flexibility index (Phi) is 5.47. The highest BCUT2D eigenvalue weighted by Crippen LogP contribution is 2.19. The second-order valence-electron chi connectivity index (χ2n) is 3.44. The van der Waals surface area contributed by atoms with Gasteiger partial charge in [-0.15, -0.1) is 19.0 Å². The zero-order valence-electron chi connectivity index (χ0n) is 8.47. The molecule has 0 saturated heterocycles. The van der Waals surface area contributed by atoms with Crippen molar-refractivity contribution in [3.05, 3.63) is 47.5 Å². The summed E-state index contributed by atoms with van der Waals surface area (Å²) in [5.74, 6) is -1.71. The van der Waals surface area contributed by atoms with Crippen molar-refractivity contribution >= 4 is 12.4 Å². The molecule has 0 saturated carbocycles. The van der Waals surface area contributed by atoms with Crippen LogP contribution in [0.1, 0.15) is 24.9 Å². The van der Waals surface area contributed by atoms with Crippen LogP contribution in [0.25, 0.3) is 0 Å². The highest BCUT2D eigenvalue weighted by atomic mass is 35.5. The SMILES string of the molecule is C=C(C)C[C@@H](N)c1ccc(F)c(F)c1.Cl. The van der Waals surface area contributed by atoms with Gasteiger partial charge in [-0.05, 0) is 31.0 Å². The summed E-state index contributed by atoms with van der Waals surface area (Å²) in [5, 5.41) is 0. The summed E-state index contributed by atoms with van der Waals surface area (Å²) in [4.78, 5) is 0. The van der Waals surface area contributed by atoms with Gasteiger partial charge in [-0.1, -0.05) is 11.6 Å². The maximum absolute atomic E-state index is 12.8. The number of rotatable bonds is 3. The fourth-order valence-electron chi connectivity index (χ4n) is 1.24. The maximum atomic E-state index is 12.8. The van der Waals surface area contributed by atoms with Crippen molar-refractivity contribution in [1.82, 2.24) is 0 Å². The lowest BCUT2D eigenvalue weighted by atomic mass is 10.0. The van der Waals surface area contributed by atoms with Crippen LogP contribution >= 0.6 is 12.4 Å². The van der Waals surface area contributed by atoms with Crippen LogP contribution in [-0.4, -0.2) is 0 Å². The third-order valence-corrected chi connectivity index (χ3v) is 1.94. The monoisotopic (exact) mass is 233 g/mol. The minimum atomic E-state index is -0.861. The zero-order valence-corrected chi connectivity index (χ0v) is 9.28. The van der Waals surface area contributed by atoms with Crippen molar-refractivity contribution < 1.29 is 8.78 Å².